The fourth-order valence-electron chi connectivity index (χ4n) is 4.00. The molecule has 3 heteroatoms. The van der Waals surface area contributed by atoms with Gasteiger partial charge in [0.15, 0.2) is 0 Å². The normalized spacial score (nSPS) is 11.1. The van der Waals surface area contributed by atoms with Gasteiger partial charge in [-0.25, -0.2) is 9.97 Å². The van der Waals surface area contributed by atoms with Crippen molar-refractivity contribution in [3.63, 3.8) is 0 Å². The highest BCUT2D eigenvalue weighted by atomic mass is 15.1. The van der Waals surface area contributed by atoms with E-state index >= 15 is 0 Å². The average Bonchev–Trinajstić information content (AvgIpc) is 2.85. The monoisotopic (exact) mass is 415 g/mol. The molecule has 0 radical (unpaired) electrons. The summed E-state index contributed by atoms with van der Waals surface area (Å²) in [5.41, 5.74) is 8.28. The number of nitrogens with zero attached hydrogens (tertiary/aromatic N) is 3. The molecule has 32 heavy (non-hydrogen) atoms. The van der Waals surface area contributed by atoms with E-state index in [9.17, 15) is 0 Å². The molecule has 0 aliphatic carbocycles. The van der Waals surface area contributed by atoms with Crippen molar-refractivity contribution in [2.24, 2.45) is 0 Å². The van der Waals surface area contributed by atoms with Crippen molar-refractivity contribution in [1.29, 1.82) is 0 Å². The zero-order valence-corrected chi connectivity index (χ0v) is 18.3. The Kier molecular flexibility index (Phi) is 5.39. The Hall–Kier alpha value is -3.98. The van der Waals surface area contributed by atoms with Crippen LogP contribution >= 0.6 is 0 Å². The van der Waals surface area contributed by atoms with E-state index in [-0.39, 0.29) is 5.92 Å². The Morgan fingerprint density at radius 3 is 1.53 bits per heavy atom. The number of hydrogen-bond acceptors (Lipinski definition) is 3. The summed E-state index contributed by atoms with van der Waals surface area (Å²) in [6.45, 7) is 4.34. The van der Waals surface area contributed by atoms with Crippen LogP contribution in [0.25, 0.3) is 22.3 Å². The fourth-order valence-corrected chi connectivity index (χ4v) is 4.00. The topological polar surface area (TPSA) is 29.0 Å². The fraction of sp³-hybridized carbons (Fsp3) is 0.103. The second-order valence-corrected chi connectivity index (χ2v) is 8.15. The van der Waals surface area contributed by atoms with Gasteiger partial charge >= 0.3 is 0 Å². The molecule has 3 nitrogen and oxygen atoms in total. The SMILES string of the molecule is CC(C)c1nc2ccccc2nc1-c1ccc(N(c2ccccc2)c2ccccc2)cc1. The van der Waals surface area contributed by atoms with E-state index in [2.05, 4.69) is 91.5 Å². The van der Waals surface area contributed by atoms with Gasteiger partial charge in [-0.3, -0.25) is 0 Å². The van der Waals surface area contributed by atoms with Crippen molar-refractivity contribution < 1.29 is 0 Å². The highest BCUT2D eigenvalue weighted by Gasteiger charge is 2.16. The molecule has 1 heterocycles. The van der Waals surface area contributed by atoms with Gasteiger partial charge in [0.05, 0.1) is 22.4 Å². The van der Waals surface area contributed by atoms with Crippen LogP contribution in [0.15, 0.2) is 109 Å². The minimum atomic E-state index is 0.284. The van der Waals surface area contributed by atoms with Crippen molar-refractivity contribution in [2.75, 3.05) is 4.90 Å². The van der Waals surface area contributed by atoms with Crippen LogP contribution in [0, 0.1) is 0 Å². The van der Waals surface area contributed by atoms with Gasteiger partial charge in [0.2, 0.25) is 0 Å². The number of rotatable bonds is 5. The molecule has 5 aromatic rings. The zero-order chi connectivity index (χ0) is 21.9. The lowest BCUT2D eigenvalue weighted by Crippen LogP contribution is -2.09. The average molecular weight is 416 g/mol. The Bertz CT molecular complexity index is 1290. The summed E-state index contributed by atoms with van der Waals surface area (Å²) in [6, 6.07) is 37.6. The summed E-state index contributed by atoms with van der Waals surface area (Å²) < 4.78 is 0. The molecule has 0 N–H and O–H groups in total. The van der Waals surface area contributed by atoms with Crippen LogP contribution in [0.4, 0.5) is 17.1 Å². The molecule has 0 fully saturated rings. The largest absolute Gasteiger partial charge is 0.311 e. The van der Waals surface area contributed by atoms with Crippen LogP contribution < -0.4 is 4.90 Å². The molecule has 1 aromatic heterocycles. The summed E-state index contributed by atoms with van der Waals surface area (Å²) in [5.74, 6) is 0.284. The van der Waals surface area contributed by atoms with Crippen LogP contribution in [0.2, 0.25) is 0 Å². The van der Waals surface area contributed by atoms with Gasteiger partial charge in [-0.05, 0) is 54.4 Å². The van der Waals surface area contributed by atoms with E-state index in [0.717, 1.165) is 45.0 Å². The molecular formula is C29H25N3. The minimum absolute atomic E-state index is 0.284. The third kappa shape index (κ3) is 3.85. The number of anilines is 3. The Morgan fingerprint density at radius 2 is 1.00 bits per heavy atom. The molecule has 0 saturated heterocycles. The first kappa shape index (κ1) is 20.0. The lowest BCUT2D eigenvalue weighted by atomic mass is 10.0. The van der Waals surface area contributed by atoms with Gasteiger partial charge in [-0.2, -0.15) is 0 Å². The number of benzene rings is 4. The zero-order valence-electron chi connectivity index (χ0n) is 18.3. The highest BCUT2D eigenvalue weighted by molar-refractivity contribution is 5.81. The smallest absolute Gasteiger partial charge is 0.0927 e. The summed E-state index contributed by atoms with van der Waals surface area (Å²) in [5, 5.41) is 0. The number of aromatic nitrogens is 2. The van der Waals surface area contributed by atoms with Gasteiger partial charge in [0, 0.05) is 22.6 Å². The molecule has 0 atom stereocenters. The Morgan fingerprint density at radius 1 is 0.531 bits per heavy atom. The van der Waals surface area contributed by atoms with Gasteiger partial charge in [-0.1, -0.05) is 74.5 Å². The van der Waals surface area contributed by atoms with Crippen molar-refractivity contribution in [1.82, 2.24) is 9.97 Å². The third-order valence-electron chi connectivity index (χ3n) is 5.57. The standard InChI is InChI=1S/C29H25N3/c1-21(2)28-29(31-27-16-10-9-15-26(27)30-28)22-17-19-25(20-18-22)32(23-11-5-3-6-12-23)24-13-7-4-8-14-24/h3-21H,1-2H3. The number of para-hydroxylation sites is 4. The van der Waals surface area contributed by atoms with Crippen LogP contribution in [0.3, 0.4) is 0 Å². The molecule has 156 valence electrons. The van der Waals surface area contributed by atoms with E-state index in [1.165, 1.54) is 0 Å². The van der Waals surface area contributed by atoms with Crippen molar-refractivity contribution >= 4 is 28.1 Å². The molecule has 4 aromatic carbocycles. The summed E-state index contributed by atoms with van der Waals surface area (Å²) in [7, 11) is 0. The van der Waals surface area contributed by atoms with Crippen LogP contribution in [0.1, 0.15) is 25.5 Å². The highest BCUT2D eigenvalue weighted by Crippen LogP contribution is 2.36. The number of hydrogen-bond donors (Lipinski definition) is 0. The Labute approximate surface area is 189 Å². The molecule has 0 aliphatic rings. The molecule has 0 saturated carbocycles. The molecule has 0 bridgehead atoms. The van der Waals surface area contributed by atoms with Crippen molar-refractivity contribution in [2.45, 2.75) is 19.8 Å². The third-order valence-corrected chi connectivity index (χ3v) is 5.57. The van der Waals surface area contributed by atoms with Gasteiger partial charge in [0.25, 0.3) is 0 Å². The summed E-state index contributed by atoms with van der Waals surface area (Å²) in [4.78, 5) is 12.2. The first-order valence-corrected chi connectivity index (χ1v) is 11.0. The second kappa shape index (κ2) is 8.64. The maximum Gasteiger partial charge on any atom is 0.0927 e. The van der Waals surface area contributed by atoms with Crippen molar-refractivity contribution in [3.8, 4) is 11.3 Å². The Balaban J connectivity index is 1.60. The predicted octanol–water partition coefficient (Wildman–Crippen LogP) is 7.89. The maximum absolute atomic E-state index is 4.98. The van der Waals surface area contributed by atoms with Gasteiger partial charge < -0.3 is 4.90 Å². The molecule has 0 spiro atoms. The van der Waals surface area contributed by atoms with E-state index < -0.39 is 0 Å². The molecular weight excluding hydrogens is 390 g/mol. The lowest BCUT2D eigenvalue weighted by molar-refractivity contribution is 0.825. The maximum atomic E-state index is 4.98. The van der Waals surface area contributed by atoms with Crippen LogP contribution in [0.5, 0.6) is 0 Å². The van der Waals surface area contributed by atoms with E-state index in [1.807, 2.05) is 36.4 Å². The summed E-state index contributed by atoms with van der Waals surface area (Å²) >= 11 is 0. The van der Waals surface area contributed by atoms with Crippen LogP contribution in [-0.2, 0) is 0 Å². The number of fused-ring (bicyclic) bond motifs is 1. The van der Waals surface area contributed by atoms with Crippen LogP contribution in [-0.4, -0.2) is 9.97 Å². The van der Waals surface area contributed by atoms with Gasteiger partial charge in [-0.15, -0.1) is 0 Å². The molecule has 0 amide bonds. The first-order chi connectivity index (χ1) is 15.7. The summed E-state index contributed by atoms with van der Waals surface area (Å²) in [6.07, 6.45) is 0. The predicted molar refractivity (Wildman–Crippen MR) is 134 cm³/mol. The molecule has 5 rings (SSSR count). The molecule has 0 aliphatic heterocycles. The first-order valence-electron chi connectivity index (χ1n) is 11.0. The molecule has 0 unspecified atom stereocenters. The lowest BCUT2D eigenvalue weighted by Gasteiger charge is -2.25. The minimum Gasteiger partial charge on any atom is -0.311 e. The van der Waals surface area contributed by atoms with Crippen molar-refractivity contribution in [3.05, 3.63) is 115 Å². The van der Waals surface area contributed by atoms with Gasteiger partial charge in [0.1, 0.15) is 0 Å². The van der Waals surface area contributed by atoms with E-state index in [4.69, 9.17) is 9.97 Å². The quantitative estimate of drug-likeness (QED) is 0.292. The van der Waals surface area contributed by atoms with E-state index in [0.29, 0.717) is 0 Å². The second-order valence-electron chi connectivity index (χ2n) is 8.15. The van der Waals surface area contributed by atoms with E-state index in [1.54, 1.807) is 0 Å².